The lowest BCUT2D eigenvalue weighted by atomic mass is 9.89. The predicted octanol–water partition coefficient (Wildman–Crippen LogP) is 4.47. The van der Waals surface area contributed by atoms with E-state index in [1.807, 2.05) is 12.1 Å². The first-order chi connectivity index (χ1) is 14.5. The molecule has 0 spiro atoms. The summed E-state index contributed by atoms with van der Waals surface area (Å²) in [5, 5.41) is 15.6. The number of fused-ring (bicyclic) bond motifs is 2. The van der Waals surface area contributed by atoms with Gasteiger partial charge in [-0.3, -0.25) is 0 Å². The summed E-state index contributed by atoms with van der Waals surface area (Å²) in [4.78, 5) is 12.7. The van der Waals surface area contributed by atoms with Gasteiger partial charge in [0.15, 0.2) is 0 Å². The van der Waals surface area contributed by atoms with Crippen molar-refractivity contribution in [3.05, 3.63) is 53.1 Å². The first-order valence-electron chi connectivity index (χ1n) is 9.94. The SMILES string of the molecule is CC1(C)C[C@@H](NC(=O)Nc2cccc3c2C[C@@H](O)C3)c2ccc(OC(F)(F)F)cc2O1. The number of hydrogen-bond acceptors (Lipinski definition) is 4. The highest BCUT2D eigenvalue weighted by Gasteiger charge is 2.36. The zero-order chi connectivity index (χ0) is 22.4. The molecule has 2 amide bonds. The zero-order valence-corrected chi connectivity index (χ0v) is 17.0. The Kier molecular flexibility index (Phi) is 5.25. The molecule has 4 rings (SSSR count). The number of anilines is 1. The van der Waals surface area contributed by atoms with Gasteiger partial charge in [-0.05, 0) is 49.6 Å². The maximum Gasteiger partial charge on any atom is 0.573 e. The molecule has 0 unspecified atom stereocenters. The molecule has 2 aromatic rings. The van der Waals surface area contributed by atoms with Gasteiger partial charge < -0.3 is 25.2 Å². The minimum Gasteiger partial charge on any atom is -0.487 e. The van der Waals surface area contributed by atoms with Crippen LogP contribution in [0.5, 0.6) is 11.5 Å². The molecule has 0 saturated carbocycles. The number of amides is 2. The van der Waals surface area contributed by atoms with E-state index >= 15 is 0 Å². The van der Waals surface area contributed by atoms with Crippen LogP contribution in [0, 0.1) is 0 Å². The van der Waals surface area contributed by atoms with Gasteiger partial charge >= 0.3 is 12.4 Å². The predicted molar refractivity (Wildman–Crippen MR) is 107 cm³/mol. The van der Waals surface area contributed by atoms with Crippen LogP contribution in [0.15, 0.2) is 36.4 Å². The topological polar surface area (TPSA) is 79.8 Å². The number of benzene rings is 2. The molecule has 1 aliphatic carbocycles. The maximum atomic E-state index is 12.7. The van der Waals surface area contributed by atoms with Crippen molar-refractivity contribution in [2.24, 2.45) is 0 Å². The van der Waals surface area contributed by atoms with Crippen LogP contribution in [0.2, 0.25) is 0 Å². The Hall–Kier alpha value is -2.94. The van der Waals surface area contributed by atoms with Gasteiger partial charge in [0, 0.05) is 30.2 Å². The lowest BCUT2D eigenvalue weighted by Crippen LogP contribution is -2.42. The molecule has 1 heterocycles. The summed E-state index contributed by atoms with van der Waals surface area (Å²) in [6, 6.07) is 8.45. The molecule has 0 bridgehead atoms. The van der Waals surface area contributed by atoms with Crippen molar-refractivity contribution in [1.29, 1.82) is 0 Å². The van der Waals surface area contributed by atoms with Crippen LogP contribution < -0.4 is 20.1 Å². The second-order valence-corrected chi connectivity index (χ2v) is 8.47. The van der Waals surface area contributed by atoms with E-state index in [2.05, 4.69) is 15.4 Å². The summed E-state index contributed by atoms with van der Waals surface area (Å²) in [5.74, 6) is -0.155. The van der Waals surface area contributed by atoms with Gasteiger partial charge in [0.2, 0.25) is 0 Å². The van der Waals surface area contributed by atoms with Gasteiger partial charge in [-0.2, -0.15) is 0 Å². The Morgan fingerprint density at radius 2 is 2.00 bits per heavy atom. The van der Waals surface area contributed by atoms with Gasteiger partial charge in [-0.1, -0.05) is 12.1 Å². The Balaban J connectivity index is 1.53. The summed E-state index contributed by atoms with van der Waals surface area (Å²) in [7, 11) is 0. The Morgan fingerprint density at radius 1 is 1.23 bits per heavy atom. The van der Waals surface area contributed by atoms with Crippen LogP contribution in [-0.2, 0) is 12.8 Å². The van der Waals surface area contributed by atoms with Gasteiger partial charge in [-0.25, -0.2) is 4.79 Å². The van der Waals surface area contributed by atoms with E-state index in [1.54, 1.807) is 19.9 Å². The van der Waals surface area contributed by atoms with Crippen molar-refractivity contribution >= 4 is 11.7 Å². The molecule has 9 heteroatoms. The highest BCUT2D eigenvalue weighted by Crippen LogP contribution is 2.42. The largest absolute Gasteiger partial charge is 0.573 e. The molecule has 166 valence electrons. The monoisotopic (exact) mass is 436 g/mol. The fourth-order valence-corrected chi connectivity index (χ4v) is 4.22. The standard InChI is InChI=1S/C22H23F3N2O4/c1-21(2)11-18(15-7-6-14(10-19(15)31-21)30-22(23,24)25)27-20(29)26-17-5-3-4-12-8-13(28)9-16(12)17/h3-7,10,13,18,28H,8-9,11H2,1-2H3,(H2,26,27,29)/t13-,18+/m0/s1. The van der Waals surface area contributed by atoms with Crippen LogP contribution >= 0.6 is 0 Å². The van der Waals surface area contributed by atoms with Crippen molar-refractivity contribution in [1.82, 2.24) is 5.32 Å². The van der Waals surface area contributed by atoms with Crippen LogP contribution in [0.4, 0.5) is 23.7 Å². The van der Waals surface area contributed by atoms with Gasteiger partial charge in [0.25, 0.3) is 0 Å². The van der Waals surface area contributed by atoms with Gasteiger partial charge in [-0.15, -0.1) is 13.2 Å². The number of ether oxygens (including phenoxy) is 2. The number of carbonyl (C=O) groups is 1. The number of carbonyl (C=O) groups excluding carboxylic acids is 1. The van der Waals surface area contributed by atoms with Gasteiger partial charge in [0.05, 0.1) is 12.1 Å². The third-order valence-corrected chi connectivity index (χ3v) is 5.40. The minimum atomic E-state index is -4.81. The molecule has 1 aliphatic heterocycles. The quantitative estimate of drug-likeness (QED) is 0.664. The van der Waals surface area contributed by atoms with E-state index in [4.69, 9.17) is 4.74 Å². The van der Waals surface area contributed by atoms with E-state index in [0.717, 1.165) is 11.1 Å². The Labute approximate surface area is 177 Å². The van der Waals surface area contributed by atoms with E-state index in [9.17, 15) is 23.1 Å². The van der Waals surface area contributed by atoms with Crippen LogP contribution in [-0.4, -0.2) is 29.2 Å². The molecule has 0 saturated heterocycles. The number of aliphatic hydroxyl groups excluding tert-OH is 1. The minimum absolute atomic E-state index is 0.229. The van der Waals surface area contributed by atoms with Gasteiger partial charge in [0.1, 0.15) is 17.1 Å². The summed E-state index contributed by atoms with van der Waals surface area (Å²) in [5.41, 5.74) is 2.40. The van der Waals surface area contributed by atoms with E-state index in [0.29, 0.717) is 30.5 Å². The van der Waals surface area contributed by atoms with Crippen molar-refractivity contribution in [3.63, 3.8) is 0 Å². The van der Waals surface area contributed by atoms with Crippen LogP contribution in [0.1, 0.15) is 43.0 Å². The molecule has 0 radical (unpaired) electrons. The maximum absolute atomic E-state index is 12.7. The molecule has 31 heavy (non-hydrogen) atoms. The Bertz CT molecular complexity index is 1010. The zero-order valence-electron chi connectivity index (χ0n) is 17.0. The number of rotatable bonds is 3. The molecule has 2 aromatic carbocycles. The average molecular weight is 436 g/mol. The third-order valence-electron chi connectivity index (χ3n) is 5.40. The second kappa shape index (κ2) is 7.64. The number of aliphatic hydroxyl groups is 1. The second-order valence-electron chi connectivity index (χ2n) is 8.47. The fourth-order valence-electron chi connectivity index (χ4n) is 4.22. The summed E-state index contributed by atoms with van der Waals surface area (Å²) >= 11 is 0. The molecule has 3 N–H and O–H groups in total. The first kappa shape index (κ1) is 21.3. The normalized spacial score (nSPS) is 21.5. The lowest BCUT2D eigenvalue weighted by molar-refractivity contribution is -0.274. The molecule has 2 atom stereocenters. The number of hydrogen-bond donors (Lipinski definition) is 3. The molecule has 0 aromatic heterocycles. The molecule has 6 nitrogen and oxygen atoms in total. The number of halogens is 3. The summed E-state index contributed by atoms with van der Waals surface area (Å²) in [6.45, 7) is 3.59. The third kappa shape index (κ3) is 4.87. The summed E-state index contributed by atoms with van der Waals surface area (Å²) < 4.78 is 47.5. The molecular weight excluding hydrogens is 413 g/mol. The summed E-state index contributed by atoms with van der Waals surface area (Å²) in [6.07, 6.45) is -3.81. The van der Waals surface area contributed by atoms with Crippen molar-refractivity contribution in [2.45, 2.75) is 57.2 Å². The average Bonchev–Trinajstić information content (AvgIpc) is 3.00. The first-order valence-corrected chi connectivity index (χ1v) is 9.94. The van der Waals surface area contributed by atoms with E-state index < -0.39 is 30.1 Å². The number of nitrogens with one attached hydrogen (secondary N) is 2. The Morgan fingerprint density at radius 3 is 2.74 bits per heavy atom. The molecular formula is C22H23F3N2O4. The highest BCUT2D eigenvalue weighted by atomic mass is 19.4. The lowest BCUT2D eigenvalue weighted by Gasteiger charge is -2.38. The fraction of sp³-hybridized carbons (Fsp3) is 0.409. The molecule has 0 fully saturated rings. The smallest absolute Gasteiger partial charge is 0.487 e. The van der Waals surface area contributed by atoms with Crippen molar-refractivity contribution in [2.75, 3.05) is 5.32 Å². The highest BCUT2D eigenvalue weighted by molar-refractivity contribution is 5.90. The van der Waals surface area contributed by atoms with Crippen molar-refractivity contribution < 1.29 is 32.5 Å². The van der Waals surface area contributed by atoms with E-state index in [1.165, 1.54) is 18.2 Å². The van der Waals surface area contributed by atoms with Crippen molar-refractivity contribution in [3.8, 4) is 11.5 Å². The number of alkyl halides is 3. The number of urea groups is 1. The van der Waals surface area contributed by atoms with E-state index in [-0.39, 0.29) is 11.5 Å². The van der Waals surface area contributed by atoms with Crippen LogP contribution in [0.25, 0.3) is 0 Å². The molecule has 2 aliphatic rings. The van der Waals surface area contributed by atoms with Crippen LogP contribution in [0.3, 0.4) is 0 Å².